The average Bonchev–Trinajstić information content (AvgIpc) is 2.74. The van der Waals surface area contributed by atoms with E-state index >= 15 is 0 Å². The van der Waals surface area contributed by atoms with Gasteiger partial charge in [0.1, 0.15) is 17.4 Å². The van der Waals surface area contributed by atoms with Crippen molar-refractivity contribution in [3.05, 3.63) is 84.1 Å². The van der Waals surface area contributed by atoms with Crippen molar-refractivity contribution >= 4 is 17.7 Å². The van der Waals surface area contributed by atoms with Gasteiger partial charge in [-0.25, -0.2) is 4.98 Å². The van der Waals surface area contributed by atoms with Gasteiger partial charge in [0.05, 0.1) is 12.2 Å². The number of rotatable bonds is 9. The molecule has 5 nitrogen and oxygen atoms in total. The molecule has 2 aromatic carbocycles. The van der Waals surface area contributed by atoms with Gasteiger partial charge in [-0.3, -0.25) is 4.79 Å². The zero-order valence-corrected chi connectivity index (χ0v) is 16.4. The summed E-state index contributed by atoms with van der Waals surface area (Å²) >= 11 is 1.48. The van der Waals surface area contributed by atoms with Crippen molar-refractivity contribution < 1.29 is 14.3 Å². The van der Waals surface area contributed by atoms with Gasteiger partial charge in [-0.05, 0) is 42.0 Å². The number of benzene rings is 2. The summed E-state index contributed by atoms with van der Waals surface area (Å²) in [5, 5.41) is 3.65. The Morgan fingerprint density at radius 2 is 1.79 bits per heavy atom. The van der Waals surface area contributed by atoms with E-state index in [0.717, 1.165) is 16.2 Å². The van der Waals surface area contributed by atoms with Crippen LogP contribution in [-0.2, 0) is 11.3 Å². The number of nitrogens with one attached hydrogen (secondary N) is 1. The molecule has 0 aliphatic carbocycles. The highest BCUT2D eigenvalue weighted by atomic mass is 32.2. The van der Waals surface area contributed by atoms with Gasteiger partial charge in [0.15, 0.2) is 0 Å². The van der Waals surface area contributed by atoms with Gasteiger partial charge in [-0.15, -0.1) is 0 Å². The summed E-state index contributed by atoms with van der Waals surface area (Å²) in [5.41, 5.74) is 1.56. The van der Waals surface area contributed by atoms with Crippen molar-refractivity contribution in [2.45, 2.75) is 16.5 Å². The number of hydrogen-bond donors (Lipinski definition) is 1. The Kier molecular flexibility index (Phi) is 7.46. The minimum atomic E-state index is -0.146. The Morgan fingerprint density at radius 3 is 2.54 bits per heavy atom. The Bertz CT molecular complexity index is 886. The van der Waals surface area contributed by atoms with Crippen molar-refractivity contribution in [2.24, 2.45) is 0 Å². The van der Waals surface area contributed by atoms with Crippen LogP contribution >= 0.6 is 11.8 Å². The number of nitrogens with zero attached hydrogens (tertiary/aromatic N) is 1. The standard InChI is InChI=1S/C22H22N2O3S/c1-26-14-15-27-18-11-9-17(10-12-18)16-24-21(25)20-8-5-13-23-22(20)28-19-6-3-2-4-7-19/h2-13H,14-16H2,1H3,(H,24,25). The van der Waals surface area contributed by atoms with Gasteiger partial charge in [0.2, 0.25) is 0 Å². The molecule has 3 aromatic rings. The summed E-state index contributed by atoms with van der Waals surface area (Å²) in [6.45, 7) is 1.49. The van der Waals surface area contributed by atoms with Crippen molar-refractivity contribution in [1.29, 1.82) is 0 Å². The number of carbonyl (C=O) groups is 1. The SMILES string of the molecule is COCCOc1ccc(CNC(=O)c2cccnc2Sc2ccccc2)cc1. The largest absolute Gasteiger partial charge is 0.491 e. The molecule has 0 aliphatic rings. The summed E-state index contributed by atoms with van der Waals surface area (Å²) in [7, 11) is 1.64. The highest BCUT2D eigenvalue weighted by molar-refractivity contribution is 7.99. The average molecular weight is 394 g/mol. The maximum absolute atomic E-state index is 12.7. The van der Waals surface area contributed by atoms with E-state index in [1.165, 1.54) is 11.8 Å². The summed E-state index contributed by atoms with van der Waals surface area (Å²) in [6.07, 6.45) is 1.70. The second kappa shape index (κ2) is 10.5. The van der Waals surface area contributed by atoms with Crippen LogP contribution in [0.3, 0.4) is 0 Å². The minimum Gasteiger partial charge on any atom is -0.491 e. The van der Waals surface area contributed by atoms with Crippen molar-refractivity contribution in [1.82, 2.24) is 10.3 Å². The van der Waals surface area contributed by atoms with E-state index in [1.807, 2.05) is 54.6 Å². The highest BCUT2D eigenvalue weighted by Gasteiger charge is 2.13. The molecule has 0 saturated heterocycles. The van der Waals surface area contributed by atoms with Crippen LogP contribution in [0.15, 0.2) is 82.8 Å². The molecule has 3 rings (SSSR count). The number of pyridine rings is 1. The first-order valence-electron chi connectivity index (χ1n) is 8.93. The summed E-state index contributed by atoms with van der Waals surface area (Å²) in [5.74, 6) is 0.632. The van der Waals surface area contributed by atoms with Crippen LogP contribution in [0.2, 0.25) is 0 Å². The van der Waals surface area contributed by atoms with Gasteiger partial charge in [-0.1, -0.05) is 42.1 Å². The zero-order valence-electron chi connectivity index (χ0n) is 15.6. The van der Waals surface area contributed by atoms with E-state index in [0.29, 0.717) is 30.3 Å². The molecule has 0 radical (unpaired) electrons. The molecule has 1 N–H and O–H groups in total. The summed E-state index contributed by atoms with van der Waals surface area (Å²) in [6, 6.07) is 21.1. The van der Waals surface area contributed by atoms with Crippen molar-refractivity contribution in [3.8, 4) is 5.75 Å². The number of hydrogen-bond acceptors (Lipinski definition) is 5. The van der Waals surface area contributed by atoms with E-state index in [9.17, 15) is 4.79 Å². The molecule has 1 heterocycles. The normalized spacial score (nSPS) is 10.5. The molecule has 1 aromatic heterocycles. The summed E-state index contributed by atoms with van der Waals surface area (Å²) < 4.78 is 10.5. The molecule has 144 valence electrons. The molecule has 0 saturated carbocycles. The van der Waals surface area contributed by atoms with Crippen LogP contribution in [0, 0.1) is 0 Å². The van der Waals surface area contributed by atoms with Crippen LogP contribution in [0.5, 0.6) is 5.75 Å². The first-order valence-corrected chi connectivity index (χ1v) is 9.74. The van der Waals surface area contributed by atoms with Crippen LogP contribution in [-0.4, -0.2) is 31.2 Å². The van der Waals surface area contributed by atoms with Crippen molar-refractivity contribution in [3.63, 3.8) is 0 Å². The molecule has 0 bridgehead atoms. The van der Waals surface area contributed by atoms with Gasteiger partial charge >= 0.3 is 0 Å². The summed E-state index contributed by atoms with van der Waals surface area (Å²) in [4.78, 5) is 18.1. The van der Waals surface area contributed by atoms with E-state index in [1.54, 1.807) is 25.4 Å². The Morgan fingerprint density at radius 1 is 1.00 bits per heavy atom. The molecule has 0 unspecified atom stereocenters. The molecule has 1 amide bonds. The smallest absolute Gasteiger partial charge is 0.254 e. The topological polar surface area (TPSA) is 60.5 Å². The minimum absolute atomic E-state index is 0.146. The number of methoxy groups -OCH3 is 1. The second-order valence-corrected chi connectivity index (χ2v) is 7.00. The van der Waals surface area contributed by atoms with Gasteiger partial charge in [0, 0.05) is 24.7 Å². The fraction of sp³-hybridized carbons (Fsp3) is 0.182. The number of ether oxygens (including phenoxy) is 2. The molecule has 0 spiro atoms. The third-order valence-corrected chi connectivity index (χ3v) is 4.93. The van der Waals surface area contributed by atoms with Crippen LogP contribution in [0.1, 0.15) is 15.9 Å². The molecule has 28 heavy (non-hydrogen) atoms. The second-order valence-electron chi connectivity index (χ2n) is 5.94. The first-order chi connectivity index (χ1) is 13.8. The fourth-order valence-electron chi connectivity index (χ4n) is 2.47. The number of amides is 1. The molecular weight excluding hydrogens is 372 g/mol. The predicted octanol–water partition coefficient (Wildman–Crippen LogP) is 4.19. The number of carbonyl (C=O) groups excluding carboxylic acids is 1. The lowest BCUT2D eigenvalue weighted by Crippen LogP contribution is -2.23. The monoisotopic (exact) mass is 394 g/mol. The number of aromatic nitrogens is 1. The third kappa shape index (κ3) is 5.84. The van der Waals surface area contributed by atoms with E-state index < -0.39 is 0 Å². The lowest BCUT2D eigenvalue weighted by atomic mass is 10.2. The van der Waals surface area contributed by atoms with Crippen LogP contribution in [0.4, 0.5) is 0 Å². The molecule has 0 aliphatic heterocycles. The highest BCUT2D eigenvalue weighted by Crippen LogP contribution is 2.28. The lowest BCUT2D eigenvalue weighted by Gasteiger charge is -2.10. The quantitative estimate of drug-likeness (QED) is 0.552. The molecule has 0 atom stereocenters. The fourth-order valence-corrected chi connectivity index (χ4v) is 3.37. The van der Waals surface area contributed by atoms with Crippen molar-refractivity contribution in [2.75, 3.05) is 20.3 Å². The maximum atomic E-state index is 12.7. The molecule has 0 fully saturated rings. The van der Waals surface area contributed by atoms with Gasteiger partial charge in [-0.2, -0.15) is 0 Å². The van der Waals surface area contributed by atoms with E-state index in [-0.39, 0.29) is 5.91 Å². The van der Waals surface area contributed by atoms with Crippen LogP contribution in [0.25, 0.3) is 0 Å². The van der Waals surface area contributed by atoms with Gasteiger partial charge < -0.3 is 14.8 Å². The van der Waals surface area contributed by atoms with E-state index in [2.05, 4.69) is 10.3 Å². The lowest BCUT2D eigenvalue weighted by molar-refractivity contribution is 0.0947. The van der Waals surface area contributed by atoms with Crippen LogP contribution < -0.4 is 10.1 Å². The predicted molar refractivity (Wildman–Crippen MR) is 110 cm³/mol. The Balaban J connectivity index is 1.59. The van der Waals surface area contributed by atoms with Gasteiger partial charge in [0.25, 0.3) is 5.91 Å². The Labute approximate surface area is 169 Å². The Hall–Kier alpha value is -2.83. The first kappa shape index (κ1) is 19.9. The van der Waals surface area contributed by atoms with E-state index in [4.69, 9.17) is 9.47 Å². The maximum Gasteiger partial charge on any atom is 0.254 e. The molecule has 6 heteroatoms. The third-order valence-electron chi connectivity index (χ3n) is 3.91. The molecular formula is C22H22N2O3S. The zero-order chi connectivity index (χ0) is 19.6.